The van der Waals surface area contributed by atoms with Crippen LogP contribution < -0.4 is 10.6 Å². The number of nitrogen functional groups attached to an aromatic ring is 1. The molecule has 0 amide bonds. The van der Waals surface area contributed by atoms with Crippen LogP contribution in [0.2, 0.25) is 0 Å². The SMILES string of the molecule is Nc1cc([N+](=O)[O-])cc(N2CCN(C3CC3)CC2)n1. The van der Waals surface area contributed by atoms with E-state index in [0.717, 1.165) is 32.2 Å². The van der Waals surface area contributed by atoms with Gasteiger partial charge in [0, 0.05) is 32.2 Å². The molecule has 1 saturated heterocycles. The Labute approximate surface area is 111 Å². The van der Waals surface area contributed by atoms with Gasteiger partial charge in [-0.1, -0.05) is 0 Å². The van der Waals surface area contributed by atoms with Gasteiger partial charge in [-0.15, -0.1) is 0 Å². The Morgan fingerprint density at radius 3 is 2.53 bits per heavy atom. The van der Waals surface area contributed by atoms with E-state index < -0.39 is 4.92 Å². The normalized spacial score (nSPS) is 20.5. The average Bonchev–Trinajstić information content (AvgIpc) is 3.22. The zero-order valence-corrected chi connectivity index (χ0v) is 10.7. The molecule has 0 aromatic carbocycles. The molecular formula is C12H17N5O2. The molecule has 2 N–H and O–H groups in total. The zero-order chi connectivity index (χ0) is 13.4. The summed E-state index contributed by atoms with van der Waals surface area (Å²) in [6, 6.07) is 3.57. The fourth-order valence-electron chi connectivity index (χ4n) is 2.55. The lowest BCUT2D eigenvalue weighted by Gasteiger charge is -2.35. The largest absolute Gasteiger partial charge is 0.383 e. The maximum absolute atomic E-state index is 10.8. The number of nitrogens with zero attached hydrogens (tertiary/aromatic N) is 4. The number of hydrogen-bond donors (Lipinski definition) is 1. The third-order valence-electron chi connectivity index (χ3n) is 3.73. The molecular weight excluding hydrogens is 246 g/mol. The molecule has 1 aliphatic carbocycles. The van der Waals surface area contributed by atoms with E-state index in [1.807, 2.05) is 0 Å². The maximum Gasteiger partial charge on any atom is 0.276 e. The fraction of sp³-hybridized carbons (Fsp3) is 0.583. The van der Waals surface area contributed by atoms with E-state index in [1.165, 1.54) is 25.0 Å². The maximum atomic E-state index is 10.8. The first kappa shape index (κ1) is 12.2. The van der Waals surface area contributed by atoms with Crippen LogP contribution in [0.4, 0.5) is 17.3 Å². The first-order valence-electron chi connectivity index (χ1n) is 6.54. The van der Waals surface area contributed by atoms with Crippen molar-refractivity contribution in [2.45, 2.75) is 18.9 Å². The minimum Gasteiger partial charge on any atom is -0.383 e. The van der Waals surface area contributed by atoms with Crippen LogP contribution >= 0.6 is 0 Å². The minimum atomic E-state index is -0.429. The van der Waals surface area contributed by atoms with Crippen molar-refractivity contribution in [3.63, 3.8) is 0 Å². The van der Waals surface area contributed by atoms with E-state index in [9.17, 15) is 10.1 Å². The highest BCUT2D eigenvalue weighted by molar-refractivity contribution is 5.54. The standard InChI is InChI=1S/C12H17N5O2/c13-11-7-10(17(18)19)8-12(14-11)16-5-3-15(4-6-16)9-1-2-9/h7-9H,1-6H2,(H2,13,14). The van der Waals surface area contributed by atoms with E-state index in [-0.39, 0.29) is 11.5 Å². The number of nitrogens with two attached hydrogens (primary N) is 1. The predicted molar refractivity (Wildman–Crippen MR) is 72.1 cm³/mol. The smallest absolute Gasteiger partial charge is 0.276 e. The molecule has 0 atom stereocenters. The number of piperazine rings is 1. The molecule has 0 radical (unpaired) electrons. The summed E-state index contributed by atoms with van der Waals surface area (Å²) >= 11 is 0. The predicted octanol–water partition coefficient (Wildman–Crippen LogP) is 0.856. The van der Waals surface area contributed by atoms with E-state index in [1.54, 1.807) is 0 Å². The third-order valence-corrected chi connectivity index (χ3v) is 3.73. The van der Waals surface area contributed by atoms with Crippen molar-refractivity contribution in [3.05, 3.63) is 22.2 Å². The molecule has 3 rings (SSSR count). The lowest BCUT2D eigenvalue weighted by Crippen LogP contribution is -2.47. The molecule has 0 unspecified atom stereocenters. The van der Waals surface area contributed by atoms with Gasteiger partial charge < -0.3 is 10.6 Å². The Balaban J connectivity index is 1.73. The first-order valence-corrected chi connectivity index (χ1v) is 6.54. The van der Waals surface area contributed by atoms with Crippen molar-refractivity contribution in [1.82, 2.24) is 9.88 Å². The summed E-state index contributed by atoms with van der Waals surface area (Å²) in [5, 5.41) is 10.8. The van der Waals surface area contributed by atoms with Crippen LogP contribution in [0.5, 0.6) is 0 Å². The van der Waals surface area contributed by atoms with Gasteiger partial charge in [0.05, 0.1) is 17.1 Å². The van der Waals surface area contributed by atoms with Crippen molar-refractivity contribution in [2.24, 2.45) is 0 Å². The summed E-state index contributed by atoms with van der Waals surface area (Å²) in [6.45, 7) is 3.69. The Hall–Kier alpha value is -1.89. The second-order valence-corrected chi connectivity index (χ2v) is 5.12. The molecule has 7 nitrogen and oxygen atoms in total. The van der Waals surface area contributed by atoms with Crippen LogP contribution in [0.1, 0.15) is 12.8 Å². The number of rotatable bonds is 3. The highest BCUT2D eigenvalue weighted by Crippen LogP contribution is 2.29. The van der Waals surface area contributed by atoms with Gasteiger partial charge in [0.2, 0.25) is 0 Å². The zero-order valence-electron chi connectivity index (χ0n) is 10.7. The second kappa shape index (κ2) is 4.65. The van der Waals surface area contributed by atoms with E-state index in [0.29, 0.717) is 5.82 Å². The number of nitro groups is 1. The molecule has 2 aliphatic rings. The molecule has 0 spiro atoms. The Kier molecular flexibility index (Phi) is 2.98. The molecule has 1 saturated carbocycles. The van der Waals surface area contributed by atoms with Gasteiger partial charge in [0.1, 0.15) is 11.6 Å². The van der Waals surface area contributed by atoms with Gasteiger partial charge in [-0.3, -0.25) is 15.0 Å². The monoisotopic (exact) mass is 263 g/mol. The average molecular weight is 263 g/mol. The van der Waals surface area contributed by atoms with Crippen LogP contribution in [-0.2, 0) is 0 Å². The number of aromatic nitrogens is 1. The highest BCUT2D eigenvalue weighted by Gasteiger charge is 2.31. The molecule has 7 heteroatoms. The molecule has 1 aromatic heterocycles. The first-order chi connectivity index (χ1) is 9.13. The van der Waals surface area contributed by atoms with Gasteiger partial charge in [-0.25, -0.2) is 4.98 Å². The summed E-state index contributed by atoms with van der Waals surface area (Å²) in [7, 11) is 0. The number of pyridine rings is 1. The van der Waals surface area contributed by atoms with E-state index >= 15 is 0 Å². The molecule has 1 aliphatic heterocycles. The summed E-state index contributed by atoms with van der Waals surface area (Å²) in [5.41, 5.74) is 5.64. The van der Waals surface area contributed by atoms with Crippen LogP contribution in [0.25, 0.3) is 0 Å². The van der Waals surface area contributed by atoms with Gasteiger partial charge in [0.25, 0.3) is 5.69 Å². The van der Waals surface area contributed by atoms with Gasteiger partial charge in [0.15, 0.2) is 0 Å². The molecule has 102 valence electrons. The highest BCUT2D eigenvalue weighted by atomic mass is 16.6. The third kappa shape index (κ3) is 2.60. The van der Waals surface area contributed by atoms with Crippen molar-refractivity contribution in [2.75, 3.05) is 36.8 Å². The molecule has 1 aromatic rings. The van der Waals surface area contributed by atoms with Crippen LogP contribution in [0, 0.1) is 10.1 Å². The summed E-state index contributed by atoms with van der Waals surface area (Å²) in [5.74, 6) is 0.816. The Bertz CT molecular complexity index is 495. The van der Waals surface area contributed by atoms with Crippen molar-refractivity contribution >= 4 is 17.3 Å². The molecule has 2 fully saturated rings. The van der Waals surface area contributed by atoms with Gasteiger partial charge in [-0.2, -0.15) is 0 Å². The van der Waals surface area contributed by atoms with E-state index in [2.05, 4.69) is 14.8 Å². The molecule has 2 heterocycles. The minimum absolute atomic E-state index is 0.00659. The second-order valence-electron chi connectivity index (χ2n) is 5.12. The van der Waals surface area contributed by atoms with Crippen molar-refractivity contribution in [1.29, 1.82) is 0 Å². The summed E-state index contributed by atoms with van der Waals surface area (Å²) < 4.78 is 0. The lowest BCUT2D eigenvalue weighted by atomic mass is 10.3. The van der Waals surface area contributed by atoms with Crippen molar-refractivity contribution in [3.8, 4) is 0 Å². The van der Waals surface area contributed by atoms with E-state index in [4.69, 9.17) is 5.73 Å². The topological polar surface area (TPSA) is 88.5 Å². The Morgan fingerprint density at radius 2 is 1.95 bits per heavy atom. The van der Waals surface area contributed by atoms with Crippen molar-refractivity contribution < 1.29 is 4.92 Å². The number of hydrogen-bond acceptors (Lipinski definition) is 6. The van der Waals surface area contributed by atoms with Crippen LogP contribution in [-0.4, -0.2) is 47.0 Å². The van der Waals surface area contributed by atoms with Gasteiger partial charge in [-0.05, 0) is 12.8 Å². The number of anilines is 2. The summed E-state index contributed by atoms with van der Waals surface area (Å²) in [6.07, 6.45) is 2.62. The quantitative estimate of drug-likeness (QED) is 0.642. The van der Waals surface area contributed by atoms with Gasteiger partial charge >= 0.3 is 0 Å². The van der Waals surface area contributed by atoms with Crippen LogP contribution in [0.15, 0.2) is 12.1 Å². The lowest BCUT2D eigenvalue weighted by molar-refractivity contribution is -0.384. The molecule has 19 heavy (non-hydrogen) atoms. The fourth-order valence-corrected chi connectivity index (χ4v) is 2.55. The van der Waals surface area contributed by atoms with Crippen LogP contribution in [0.3, 0.4) is 0 Å². The summed E-state index contributed by atoms with van der Waals surface area (Å²) in [4.78, 5) is 19.2. The molecule has 0 bridgehead atoms. The Morgan fingerprint density at radius 1 is 1.26 bits per heavy atom.